The molecule has 98 valence electrons. The van der Waals surface area contributed by atoms with Gasteiger partial charge in [0.05, 0.1) is 12.7 Å². The van der Waals surface area contributed by atoms with Crippen molar-refractivity contribution < 1.29 is 9.84 Å². The maximum Gasteiger partial charge on any atom is 0.0900 e. The summed E-state index contributed by atoms with van der Waals surface area (Å²) in [5.41, 5.74) is 0. The van der Waals surface area contributed by atoms with E-state index in [1.54, 1.807) is 0 Å². The Kier molecular flexibility index (Phi) is 11.3. The Hall–Kier alpha value is -0.120. The minimum atomic E-state index is -0.339. The topological polar surface area (TPSA) is 32.7 Å². The highest BCUT2D eigenvalue weighted by molar-refractivity contribution is 4.64. The van der Waals surface area contributed by atoms with Crippen LogP contribution in [-0.2, 0) is 4.74 Å². The number of aliphatic hydroxyl groups excluding tert-OH is 1. The second-order valence-electron chi connectivity index (χ2n) is 4.32. The summed E-state index contributed by atoms with van der Waals surface area (Å²) >= 11 is 0. The maximum absolute atomic E-state index is 9.78. The number of hydrogen-bond donors (Lipinski definition) is 1. The fourth-order valence-corrected chi connectivity index (χ4v) is 1.66. The molecule has 16 heavy (non-hydrogen) atoms. The molecule has 3 heteroatoms. The Bertz CT molecular complexity index is 134. The molecule has 0 heterocycles. The van der Waals surface area contributed by atoms with Gasteiger partial charge in [-0.1, -0.05) is 26.7 Å². The molecule has 0 radical (unpaired) electrons. The van der Waals surface area contributed by atoms with Gasteiger partial charge in [0.25, 0.3) is 0 Å². The van der Waals surface area contributed by atoms with Crippen molar-refractivity contribution in [1.82, 2.24) is 4.90 Å². The zero-order chi connectivity index (χ0) is 12.2. The zero-order valence-corrected chi connectivity index (χ0v) is 11.2. The van der Waals surface area contributed by atoms with Gasteiger partial charge in [-0.3, -0.25) is 0 Å². The van der Waals surface area contributed by atoms with Gasteiger partial charge in [-0.2, -0.15) is 0 Å². The van der Waals surface area contributed by atoms with Gasteiger partial charge in [0.2, 0.25) is 0 Å². The van der Waals surface area contributed by atoms with Crippen LogP contribution in [0.5, 0.6) is 0 Å². The normalized spacial score (nSPS) is 13.3. The third kappa shape index (κ3) is 9.13. The van der Waals surface area contributed by atoms with Crippen LogP contribution >= 0.6 is 0 Å². The van der Waals surface area contributed by atoms with Gasteiger partial charge >= 0.3 is 0 Å². The molecule has 1 N–H and O–H groups in total. The van der Waals surface area contributed by atoms with Gasteiger partial charge in [0, 0.05) is 13.2 Å². The largest absolute Gasteiger partial charge is 0.389 e. The van der Waals surface area contributed by atoms with Crippen LogP contribution in [0.25, 0.3) is 0 Å². The summed E-state index contributed by atoms with van der Waals surface area (Å²) in [5, 5.41) is 9.78. The first-order valence-corrected chi connectivity index (χ1v) is 6.72. The zero-order valence-electron chi connectivity index (χ0n) is 11.2. The maximum atomic E-state index is 9.78. The molecule has 0 fully saturated rings. The second-order valence-corrected chi connectivity index (χ2v) is 4.32. The third-order valence-corrected chi connectivity index (χ3v) is 2.64. The van der Waals surface area contributed by atoms with Gasteiger partial charge in [-0.25, -0.2) is 0 Å². The first kappa shape index (κ1) is 15.9. The van der Waals surface area contributed by atoms with E-state index in [0.717, 1.165) is 19.6 Å². The van der Waals surface area contributed by atoms with Crippen molar-refractivity contribution in [3.05, 3.63) is 0 Å². The average Bonchev–Trinajstić information content (AvgIpc) is 2.30. The lowest BCUT2D eigenvalue weighted by Crippen LogP contribution is -2.36. The van der Waals surface area contributed by atoms with Gasteiger partial charge in [0.1, 0.15) is 0 Å². The molecule has 0 amide bonds. The molecule has 0 aromatic heterocycles. The Morgan fingerprint density at radius 2 is 1.62 bits per heavy atom. The van der Waals surface area contributed by atoms with Crippen LogP contribution in [0, 0.1) is 0 Å². The first-order valence-electron chi connectivity index (χ1n) is 6.72. The summed E-state index contributed by atoms with van der Waals surface area (Å²) in [6, 6.07) is 0. The molecule has 0 aliphatic heterocycles. The summed E-state index contributed by atoms with van der Waals surface area (Å²) in [4.78, 5) is 2.36. The molecule has 1 unspecified atom stereocenters. The highest BCUT2D eigenvalue weighted by Crippen LogP contribution is 2.01. The molecular formula is C13H29NO2. The predicted molar refractivity (Wildman–Crippen MR) is 68.8 cm³/mol. The smallest absolute Gasteiger partial charge is 0.0900 e. The average molecular weight is 231 g/mol. The van der Waals surface area contributed by atoms with E-state index in [2.05, 4.69) is 18.7 Å². The van der Waals surface area contributed by atoms with E-state index in [-0.39, 0.29) is 6.10 Å². The lowest BCUT2D eigenvalue weighted by molar-refractivity contribution is 0.0206. The van der Waals surface area contributed by atoms with Crippen LogP contribution in [0.15, 0.2) is 0 Å². The van der Waals surface area contributed by atoms with E-state index in [4.69, 9.17) is 4.74 Å². The quantitative estimate of drug-likeness (QED) is 0.592. The summed E-state index contributed by atoms with van der Waals surface area (Å²) < 4.78 is 5.23. The lowest BCUT2D eigenvalue weighted by atomic mass is 10.2. The molecule has 0 saturated heterocycles. The predicted octanol–water partition coefficient (Wildman–Crippen LogP) is 2.29. The highest BCUT2D eigenvalue weighted by atomic mass is 16.5. The number of unbranched alkanes of at least 4 members (excludes halogenated alkanes) is 2. The SMILES string of the molecule is CCCCN(CCCC)CC(O)COCC. The van der Waals surface area contributed by atoms with E-state index in [1.807, 2.05) is 6.92 Å². The minimum Gasteiger partial charge on any atom is -0.389 e. The second kappa shape index (κ2) is 11.4. The molecule has 0 bridgehead atoms. The Morgan fingerprint density at radius 1 is 1.06 bits per heavy atom. The van der Waals surface area contributed by atoms with Gasteiger partial charge < -0.3 is 14.7 Å². The van der Waals surface area contributed by atoms with Crippen LogP contribution in [0.1, 0.15) is 46.5 Å². The van der Waals surface area contributed by atoms with Crippen molar-refractivity contribution in [3.8, 4) is 0 Å². The molecule has 0 spiro atoms. The summed E-state index contributed by atoms with van der Waals surface area (Å²) in [7, 11) is 0. The molecule has 0 aromatic carbocycles. The number of aliphatic hydroxyl groups is 1. The molecule has 0 saturated carbocycles. The molecule has 0 rings (SSSR count). The van der Waals surface area contributed by atoms with Crippen molar-refractivity contribution in [2.75, 3.05) is 32.8 Å². The fraction of sp³-hybridized carbons (Fsp3) is 1.00. The van der Waals surface area contributed by atoms with Gasteiger partial charge in [-0.05, 0) is 32.9 Å². The third-order valence-electron chi connectivity index (χ3n) is 2.64. The fourth-order valence-electron chi connectivity index (χ4n) is 1.66. The molecule has 0 aromatic rings. The highest BCUT2D eigenvalue weighted by Gasteiger charge is 2.10. The number of hydrogen-bond acceptors (Lipinski definition) is 3. The molecule has 0 aliphatic carbocycles. The Labute approximate surface area is 101 Å². The van der Waals surface area contributed by atoms with E-state index in [0.29, 0.717) is 13.2 Å². The van der Waals surface area contributed by atoms with Crippen LogP contribution in [0.2, 0.25) is 0 Å². The summed E-state index contributed by atoms with van der Waals surface area (Å²) in [6.45, 7) is 10.5. The first-order chi connectivity index (χ1) is 7.74. The monoisotopic (exact) mass is 231 g/mol. The molecule has 3 nitrogen and oxygen atoms in total. The summed E-state index contributed by atoms with van der Waals surface area (Å²) in [6.07, 6.45) is 4.51. The van der Waals surface area contributed by atoms with Gasteiger partial charge in [0.15, 0.2) is 0 Å². The standard InChI is InChI=1S/C13H29NO2/c1-4-7-9-14(10-8-5-2)11-13(15)12-16-6-3/h13,15H,4-12H2,1-3H3. The minimum absolute atomic E-state index is 0.339. The van der Waals surface area contributed by atoms with E-state index in [1.165, 1.54) is 25.7 Å². The van der Waals surface area contributed by atoms with Crippen molar-refractivity contribution in [2.45, 2.75) is 52.6 Å². The lowest BCUT2D eigenvalue weighted by Gasteiger charge is -2.24. The van der Waals surface area contributed by atoms with E-state index in [9.17, 15) is 5.11 Å². The van der Waals surface area contributed by atoms with E-state index < -0.39 is 0 Å². The summed E-state index contributed by atoms with van der Waals surface area (Å²) in [5.74, 6) is 0. The van der Waals surface area contributed by atoms with Crippen molar-refractivity contribution in [1.29, 1.82) is 0 Å². The van der Waals surface area contributed by atoms with Crippen LogP contribution in [0.4, 0.5) is 0 Å². The molecular weight excluding hydrogens is 202 g/mol. The number of rotatable bonds is 11. The Morgan fingerprint density at radius 3 is 2.06 bits per heavy atom. The van der Waals surface area contributed by atoms with E-state index >= 15 is 0 Å². The van der Waals surface area contributed by atoms with Gasteiger partial charge in [-0.15, -0.1) is 0 Å². The number of nitrogens with zero attached hydrogens (tertiary/aromatic N) is 1. The van der Waals surface area contributed by atoms with Crippen molar-refractivity contribution in [3.63, 3.8) is 0 Å². The van der Waals surface area contributed by atoms with Crippen LogP contribution in [0.3, 0.4) is 0 Å². The van der Waals surface area contributed by atoms with Crippen LogP contribution < -0.4 is 0 Å². The van der Waals surface area contributed by atoms with Crippen molar-refractivity contribution in [2.24, 2.45) is 0 Å². The molecule has 0 aliphatic rings. The molecule has 1 atom stereocenters. The number of ether oxygens (including phenoxy) is 1. The Balaban J connectivity index is 3.78. The van der Waals surface area contributed by atoms with Crippen LogP contribution in [-0.4, -0.2) is 49.0 Å². The van der Waals surface area contributed by atoms with Crippen molar-refractivity contribution >= 4 is 0 Å².